The third-order valence-electron chi connectivity index (χ3n) is 8.96. The molecule has 1 amide bonds. The normalized spacial score (nSPS) is 35.3. The number of carbonyl (C=O) groups is 1. The van der Waals surface area contributed by atoms with Crippen molar-refractivity contribution in [2.24, 2.45) is 17.3 Å². The zero-order valence-electron chi connectivity index (χ0n) is 20.3. The minimum Gasteiger partial charge on any atom is -0.484 e. The summed E-state index contributed by atoms with van der Waals surface area (Å²) >= 11 is 1.68. The largest absolute Gasteiger partial charge is 0.484 e. The summed E-state index contributed by atoms with van der Waals surface area (Å²) in [5, 5.41) is 18.7. The fraction of sp³-hybridized carbons (Fsp3) is 0.607. The van der Waals surface area contributed by atoms with E-state index in [1.54, 1.807) is 11.3 Å². The van der Waals surface area contributed by atoms with Crippen LogP contribution < -0.4 is 10.1 Å². The van der Waals surface area contributed by atoms with Crippen molar-refractivity contribution in [1.29, 1.82) is 0 Å². The van der Waals surface area contributed by atoms with Gasteiger partial charge in [-0.3, -0.25) is 9.69 Å². The monoisotopic (exact) mass is 480 g/mol. The van der Waals surface area contributed by atoms with Gasteiger partial charge in [0.1, 0.15) is 11.9 Å². The van der Waals surface area contributed by atoms with Crippen LogP contribution in [0.4, 0.5) is 0 Å². The molecule has 1 aromatic heterocycles. The number of rotatable bonds is 5. The van der Waals surface area contributed by atoms with E-state index in [1.807, 2.05) is 0 Å². The summed E-state index contributed by atoms with van der Waals surface area (Å²) in [7, 11) is 0. The van der Waals surface area contributed by atoms with Gasteiger partial charge in [0.15, 0.2) is 0 Å². The number of nitrogens with zero attached hydrogens (tertiary/aromatic N) is 1. The highest BCUT2D eigenvalue weighted by Gasteiger charge is 2.59. The summed E-state index contributed by atoms with van der Waals surface area (Å²) in [4.78, 5) is 15.5. The van der Waals surface area contributed by atoms with E-state index in [1.165, 1.54) is 17.5 Å². The molecular formula is C28H36N2O3S. The van der Waals surface area contributed by atoms with E-state index in [-0.39, 0.29) is 23.5 Å². The lowest BCUT2D eigenvalue weighted by atomic mass is 9.46. The Kier molecular flexibility index (Phi) is 5.54. The van der Waals surface area contributed by atoms with E-state index in [9.17, 15) is 9.90 Å². The van der Waals surface area contributed by atoms with Gasteiger partial charge in [0.25, 0.3) is 0 Å². The molecule has 0 radical (unpaired) electrons. The highest BCUT2D eigenvalue weighted by atomic mass is 32.1. The van der Waals surface area contributed by atoms with Crippen molar-refractivity contribution in [3.8, 4) is 5.75 Å². The molecule has 4 bridgehead atoms. The Labute approximate surface area is 206 Å². The van der Waals surface area contributed by atoms with Crippen LogP contribution in [0.3, 0.4) is 0 Å². The molecule has 1 aromatic carbocycles. The van der Waals surface area contributed by atoms with Gasteiger partial charge in [-0.05, 0) is 92.5 Å². The van der Waals surface area contributed by atoms with Crippen LogP contribution >= 0.6 is 11.3 Å². The van der Waals surface area contributed by atoms with Crippen molar-refractivity contribution >= 4 is 17.2 Å². The van der Waals surface area contributed by atoms with E-state index < -0.39 is 5.60 Å². The minimum atomic E-state index is -0.499. The Balaban J connectivity index is 1.17. The second kappa shape index (κ2) is 8.35. The first-order chi connectivity index (χ1) is 16.3. The van der Waals surface area contributed by atoms with Gasteiger partial charge in [-0.25, -0.2) is 0 Å². The van der Waals surface area contributed by atoms with E-state index in [2.05, 4.69) is 59.1 Å². The van der Waals surface area contributed by atoms with Gasteiger partial charge in [0.05, 0.1) is 12.1 Å². The maximum absolute atomic E-state index is 13.3. The van der Waals surface area contributed by atoms with Gasteiger partial charge in [0.2, 0.25) is 5.91 Å². The van der Waals surface area contributed by atoms with Crippen LogP contribution in [0.25, 0.3) is 0 Å². The first-order valence-corrected chi connectivity index (χ1v) is 13.8. The van der Waals surface area contributed by atoms with Crippen molar-refractivity contribution in [3.63, 3.8) is 0 Å². The maximum atomic E-state index is 13.3. The molecule has 0 saturated heterocycles. The highest BCUT2D eigenvalue weighted by molar-refractivity contribution is 7.07. The average Bonchev–Trinajstić information content (AvgIpc) is 3.22. The molecule has 0 unspecified atom stereocenters. The summed E-state index contributed by atoms with van der Waals surface area (Å²) in [6.07, 6.45) is 6.25. The molecule has 4 atom stereocenters. The van der Waals surface area contributed by atoms with Crippen LogP contribution in [0.15, 0.2) is 35.0 Å². The number of ether oxygens (including phenoxy) is 1. The van der Waals surface area contributed by atoms with Crippen LogP contribution in [-0.2, 0) is 11.3 Å². The van der Waals surface area contributed by atoms with Crippen LogP contribution in [0.5, 0.6) is 5.75 Å². The van der Waals surface area contributed by atoms with Gasteiger partial charge in [-0.2, -0.15) is 11.3 Å². The van der Waals surface area contributed by atoms with Gasteiger partial charge in [0, 0.05) is 30.3 Å². The number of hydrogen-bond donors (Lipinski definition) is 2. The SMILES string of the molecule is Cc1ccc2c(c1)CN(CC(=O)N[C@H](C)C13C[C@H]4C[C@@H](CC(O)(C4)C1)C3)C[C@H](c1ccsc1)O2. The number of nitrogens with one attached hydrogen (secondary N) is 1. The van der Waals surface area contributed by atoms with Crippen molar-refractivity contribution in [1.82, 2.24) is 10.2 Å². The third-order valence-corrected chi connectivity index (χ3v) is 9.66. The van der Waals surface area contributed by atoms with E-state index in [0.717, 1.165) is 43.4 Å². The molecule has 4 fully saturated rings. The predicted molar refractivity (Wildman–Crippen MR) is 134 cm³/mol. The number of fused-ring (bicyclic) bond motifs is 1. The molecule has 2 aromatic rings. The number of hydrogen-bond acceptors (Lipinski definition) is 5. The number of amides is 1. The van der Waals surface area contributed by atoms with Crippen molar-refractivity contribution < 1.29 is 14.6 Å². The smallest absolute Gasteiger partial charge is 0.234 e. The fourth-order valence-corrected chi connectivity index (χ4v) is 8.57. The van der Waals surface area contributed by atoms with Gasteiger partial charge in [-0.15, -0.1) is 0 Å². The van der Waals surface area contributed by atoms with Crippen LogP contribution in [0.2, 0.25) is 0 Å². The van der Waals surface area contributed by atoms with Crippen molar-refractivity contribution in [2.75, 3.05) is 13.1 Å². The lowest BCUT2D eigenvalue weighted by molar-refractivity contribution is -0.173. The van der Waals surface area contributed by atoms with Gasteiger partial charge >= 0.3 is 0 Å². The first kappa shape index (κ1) is 22.6. The molecule has 6 heteroatoms. The van der Waals surface area contributed by atoms with Gasteiger partial charge < -0.3 is 15.2 Å². The molecule has 7 rings (SSSR count). The van der Waals surface area contributed by atoms with Crippen LogP contribution in [0, 0.1) is 24.2 Å². The van der Waals surface area contributed by atoms with E-state index in [0.29, 0.717) is 31.5 Å². The second-order valence-electron chi connectivity index (χ2n) is 11.8. The molecule has 5 nitrogen and oxygen atoms in total. The third kappa shape index (κ3) is 4.18. The molecule has 5 aliphatic rings. The Morgan fingerprint density at radius 2 is 2.06 bits per heavy atom. The molecular weight excluding hydrogens is 444 g/mol. The molecule has 4 saturated carbocycles. The quantitative estimate of drug-likeness (QED) is 0.644. The zero-order chi connectivity index (χ0) is 23.5. The molecule has 0 spiro atoms. The molecule has 34 heavy (non-hydrogen) atoms. The van der Waals surface area contributed by atoms with Crippen LogP contribution in [-0.4, -0.2) is 40.6 Å². The lowest BCUT2D eigenvalue weighted by Gasteiger charge is -2.62. The minimum absolute atomic E-state index is 0.0549. The topological polar surface area (TPSA) is 61.8 Å². The zero-order valence-corrected chi connectivity index (χ0v) is 21.1. The summed E-state index contributed by atoms with van der Waals surface area (Å²) in [6, 6.07) is 8.53. The fourth-order valence-electron chi connectivity index (χ4n) is 7.86. The number of aliphatic hydroxyl groups is 1. The van der Waals surface area contributed by atoms with E-state index >= 15 is 0 Å². The molecule has 2 heterocycles. The first-order valence-electron chi connectivity index (χ1n) is 12.8. The number of aryl methyl sites for hydroxylation is 1. The number of carbonyl (C=O) groups excluding carboxylic acids is 1. The number of thiophene rings is 1. The average molecular weight is 481 g/mol. The number of benzene rings is 1. The van der Waals surface area contributed by atoms with Gasteiger partial charge in [-0.1, -0.05) is 17.7 Å². The van der Waals surface area contributed by atoms with Crippen molar-refractivity contribution in [3.05, 3.63) is 51.7 Å². The Morgan fingerprint density at radius 3 is 2.76 bits per heavy atom. The molecule has 1 aliphatic heterocycles. The Hall–Kier alpha value is -1.89. The summed E-state index contributed by atoms with van der Waals surface area (Å²) < 4.78 is 6.43. The standard InChI is InChI=1S/C28H36N2O3S/c1-18-3-4-24-23(7-18)13-30(14-25(33-24)22-5-6-34-16-22)15-26(31)29-19(2)27-9-20-8-21(10-27)12-28(32,11-20)17-27/h3-7,16,19-21,25,32H,8-15,17H2,1-2H3,(H,29,31)/t19-,20-,21-,25-,27?,28?/m1/s1. The predicted octanol–water partition coefficient (Wildman–Crippen LogP) is 4.83. The highest BCUT2D eigenvalue weighted by Crippen LogP contribution is 2.62. The second-order valence-corrected chi connectivity index (χ2v) is 12.6. The van der Waals surface area contributed by atoms with E-state index in [4.69, 9.17) is 4.74 Å². The molecule has 4 aliphatic carbocycles. The molecule has 2 N–H and O–H groups in total. The molecule has 182 valence electrons. The summed E-state index contributed by atoms with van der Waals surface area (Å²) in [5.41, 5.74) is 3.06. The Morgan fingerprint density at radius 1 is 1.26 bits per heavy atom. The Bertz CT molecular complexity index is 1050. The lowest BCUT2D eigenvalue weighted by Crippen LogP contribution is -2.62. The van der Waals surface area contributed by atoms with Crippen LogP contribution in [0.1, 0.15) is 68.2 Å². The van der Waals surface area contributed by atoms with Crippen molar-refractivity contribution in [2.45, 2.75) is 76.7 Å². The maximum Gasteiger partial charge on any atom is 0.234 e. The summed E-state index contributed by atoms with van der Waals surface area (Å²) in [5.74, 6) is 2.24. The summed E-state index contributed by atoms with van der Waals surface area (Å²) in [6.45, 7) is 6.01.